The summed E-state index contributed by atoms with van der Waals surface area (Å²) in [4.78, 5) is 34.6. The number of nitrogens with one attached hydrogen (secondary N) is 3. The molecule has 10 heteroatoms. The van der Waals surface area contributed by atoms with Crippen LogP contribution in [0.5, 0.6) is 0 Å². The van der Waals surface area contributed by atoms with Crippen molar-refractivity contribution in [1.82, 2.24) is 16.0 Å². The highest BCUT2D eigenvalue weighted by molar-refractivity contribution is 6.05. The number of halogens is 3. The van der Waals surface area contributed by atoms with E-state index in [1.54, 1.807) is 13.0 Å². The zero-order valence-electron chi connectivity index (χ0n) is 13.8. The predicted octanol–water partition coefficient (Wildman–Crippen LogP) is 0.712. The normalized spacial score (nSPS) is 21.6. The van der Waals surface area contributed by atoms with Crippen molar-refractivity contribution in [2.45, 2.75) is 44.1 Å². The predicted molar refractivity (Wildman–Crippen MR) is 83.8 cm³/mol. The average Bonchev–Trinajstić information content (AvgIpc) is 2.55. The van der Waals surface area contributed by atoms with Crippen LogP contribution >= 0.6 is 0 Å². The van der Waals surface area contributed by atoms with E-state index in [1.165, 1.54) is 6.07 Å². The monoisotopic (exact) mass is 373 g/mol. The van der Waals surface area contributed by atoms with Gasteiger partial charge in [-0.3, -0.25) is 14.9 Å². The number of aliphatic hydroxyl groups excluding tert-OH is 1. The molecule has 2 rings (SSSR count). The number of carbonyl (C=O) groups excluding carboxylic acids is 3. The van der Waals surface area contributed by atoms with Crippen LogP contribution in [0.15, 0.2) is 24.3 Å². The lowest BCUT2D eigenvalue weighted by Gasteiger charge is -2.28. The molecule has 0 radical (unpaired) electrons. The fourth-order valence-corrected chi connectivity index (χ4v) is 2.49. The van der Waals surface area contributed by atoms with Gasteiger partial charge in [0.15, 0.2) is 6.10 Å². The summed E-state index contributed by atoms with van der Waals surface area (Å²) >= 11 is 0. The molecule has 1 saturated heterocycles. The van der Waals surface area contributed by atoms with Gasteiger partial charge in [-0.05, 0) is 31.4 Å². The van der Waals surface area contributed by atoms with Gasteiger partial charge in [-0.1, -0.05) is 18.2 Å². The number of aliphatic hydroxyl groups is 1. The minimum Gasteiger partial charge on any atom is -0.381 e. The number of aryl methyl sites for hydroxylation is 1. The molecule has 26 heavy (non-hydrogen) atoms. The number of amides is 4. The molecule has 3 atom stereocenters. The minimum atomic E-state index is -4.42. The average molecular weight is 373 g/mol. The second kappa shape index (κ2) is 7.73. The number of hydrogen-bond donors (Lipinski definition) is 4. The van der Waals surface area contributed by atoms with E-state index in [0.29, 0.717) is 12.0 Å². The number of rotatable bonds is 5. The Balaban J connectivity index is 1.90. The molecule has 0 aliphatic carbocycles. The molecule has 1 aromatic rings. The molecule has 1 fully saturated rings. The summed E-state index contributed by atoms with van der Waals surface area (Å²) < 4.78 is 38.1. The van der Waals surface area contributed by atoms with Crippen molar-refractivity contribution in [3.63, 3.8) is 0 Å². The topological polar surface area (TPSA) is 108 Å². The highest BCUT2D eigenvalue weighted by Gasteiger charge is 2.38. The van der Waals surface area contributed by atoms with Crippen molar-refractivity contribution in [3.05, 3.63) is 35.4 Å². The van der Waals surface area contributed by atoms with Crippen LogP contribution in [-0.4, -0.2) is 41.1 Å². The second-order valence-corrected chi connectivity index (χ2v) is 6.03. The molecule has 2 unspecified atom stereocenters. The number of benzene rings is 1. The van der Waals surface area contributed by atoms with E-state index in [0.717, 1.165) is 12.1 Å². The quantitative estimate of drug-likeness (QED) is 0.610. The van der Waals surface area contributed by atoms with E-state index in [9.17, 15) is 32.7 Å². The number of alkyl halides is 3. The molecule has 0 spiro atoms. The number of carbonyl (C=O) groups is 3. The van der Waals surface area contributed by atoms with Gasteiger partial charge in [-0.2, -0.15) is 13.2 Å². The summed E-state index contributed by atoms with van der Waals surface area (Å²) in [6.45, 7) is 1.63. The maximum atomic E-state index is 12.7. The fraction of sp³-hybridized carbons (Fsp3) is 0.438. The van der Waals surface area contributed by atoms with Crippen molar-refractivity contribution in [1.29, 1.82) is 0 Å². The zero-order valence-corrected chi connectivity index (χ0v) is 13.8. The van der Waals surface area contributed by atoms with Gasteiger partial charge in [0.25, 0.3) is 5.91 Å². The van der Waals surface area contributed by atoms with Crippen LogP contribution in [0, 0.1) is 0 Å². The minimum absolute atomic E-state index is 0.283. The largest absolute Gasteiger partial charge is 0.416 e. The first-order valence-corrected chi connectivity index (χ1v) is 7.84. The smallest absolute Gasteiger partial charge is 0.381 e. The number of imide groups is 1. The van der Waals surface area contributed by atoms with E-state index in [2.05, 4.69) is 10.6 Å². The van der Waals surface area contributed by atoms with Crippen molar-refractivity contribution >= 4 is 17.8 Å². The molecule has 0 aromatic heterocycles. The molecule has 0 bridgehead atoms. The van der Waals surface area contributed by atoms with Crippen molar-refractivity contribution in [2.24, 2.45) is 0 Å². The lowest BCUT2D eigenvalue weighted by Crippen LogP contribution is -2.66. The van der Waals surface area contributed by atoms with Crippen molar-refractivity contribution in [3.8, 4) is 0 Å². The summed E-state index contributed by atoms with van der Waals surface area (Å²) in [6, 6.07) is 2.12. The lowest BCUT2D eigenvalue weighted by molar-refractivity contribution is -0.138. The van der Waals surface area contributed by atoms with Crippen molar-refractivity contribution in [2.75, 3.05) is 0 Å². The Morgan fingerprint density at radius 3 is 2.69 bits per heavy atom. The third-order valence-corrected chi connectivity index (χ3v) is 3.90. The SMILES string of the molecule is CC(CCc1cccc(C(F)(F)F)c1)NC(=O)C1NC(=O)NC(=O)[C@@H]1O. The zero-order chi connectivity index (χ0) is 19.5. The summed E-state index contributed by atoms with van der Waals surface area (Å²) in [5, 5.41) is 16.1. The van der Waals surface area contributed by atoms with Gasteiger partial charge in [0.05, 0.1) is 5.56 Å². The number of hydrogen-bond acceptors (Lipinski definition) is 4. The van der Waals surface area contributed by atoms with Crippen LogP contribution in [0.2, 0.25) is 0 Å². The highest BCUT2D eigenvalue weighted by atomic mass is 19.4. The lowest BCUT2D eigenvalue weighted by atomic mass is 10.0. The molecule has 1 aliphatic rings. The van der Waals surface area contributed by atoms with Crippen LogP contribution in [0.4, 0.5) is 18.0 Å². The summed E-state index contributed by atoms with van der Waals surface area (Å²) in [5.74, 6) is -1.73. The Kier molecular flexibility index (Phi) is 5.86. The summed E-state index contributed by atoms with van der Waals surface area (Å²) in [7, 11) is 0. The van der Waals surface area contributed by atoms with Gasteiger partial charge in [-0.15, -0.1) is 0 Å². The maximum Gasteiger partial charge on any atom is 0.416 e. The van der Waals surface area contributed by atoms with E-state index in [1.807, 2.05) is 5.32 Å². The molecule has 1 aliphatic heterocycles. The van der Waals surface area contributed by atoms with Crippen LogP contribution in [0.25, 0.3) is 0 Å². The Morgan fingerprint density at radius 2 is 2.04 bits per heavy atom. The Hall–Kier alpha value is -2.62. The number of urea groups is 1. The van der Waals surface area contributed by atoms with E-state index >= 15 is 0 Å². The molecule has 7 nitrogen and oxygen atoms in total. The van der Waals surface area contributed by atoms with Gasteiger partial charge in [0.2, 0.25) is 5.91 Å². The van der Waals surface area contributed by atoms with Crippen LogP contribution in [0.1, 0.15) is 24.5 Å². The Labute approximate surface area is 146 Å². The first-order chi connectivity index (χ1) is 12.1. The third-order valence-electron chi connectivity index (χ3n) is 3.90. The standard InChI is InChI=1S/C16H18F3N3O4/c1-8(5-6-9-3-2-4-10(7-9)16(17,18)19)20-13(24)11-12(23)14(25)22-15(26)21-11/h2-4,7-8,11-12,23H,5-6H2,1H3,(H,20,24)(H2,21,22,25,26)/t8?,11?,12-/m1/s1. The molecular weight excluding hydrogens is 355 g/mol. The fourth-order valence-electron chi connectivity index (χ4n) is 2.49. The first kappa shape index (κ1) is 19.7. The van der Waals surface area contributed by atoms with Gasteiger partial charge < -0.3 is 15.7 Å². The molecule has 1 aromatic carbocycles. The molecule has 1 heterocycles. The van der Waals surface area contributed by atoms with E-state index in [4.69, 9.17) is 0 Å². The molecular formula is C16H18F3N3O4. The second-order valence-electron chi connectivity index (χ2n) is 6.03. The maximum absolute atomic E-state index is 12.7. The Bertz CT molecular complexity index is 708. The molecule has 142 valence electrons. The van der Waals surface area contributed by atoms with Gasteiger partial charge >= 0.3 is 12.2 Å². The van der Waals surface area contributed by atoms with E-state index in [-0.39, 0.29) is 6.42 Å². The summed E-state index contributed by atoms with van der Waals surface area (Å²) in [6.07, 6.45) is -5.53. The molecule has 0 saturated carbocycles. The van der Waals surface area contributed by atoms with Crippen LogP contribution in [-0.2, 0) is 22.2 Å². The third kappa shape index (κ3) is 4.94. The summed E-state index contributed by atoms with van der Waals surface area (Å²) in [5.41, 5.74) is -0.281. The van der Waals surface area contributed by atoms with Crippen LogP contribution < -0.4 is 16.0 Å². The molecule has 4 amide bonds. The van der Waals surface area contributed by atoms with Gasteiger partial charge in [0.1, 0.15) is 6.04 Å². The molecule has 4 N–H and O–H groups in total. The van der Waals surface area contributed by atoms with E-state index < -0.39 is 47.8 Å². The van der Waals surface area contributed by atoms with Gasteiger partial charge in [0, 0.05) is 6.04 Å². The first-order valence-electron chi connectivity index (χ1n) is 7.84. The highest BCUT2D eigenvalue weighted by Crippen LogP contribution is 2.29. The van der Waals surface area contributed by atoms with Crippen LogP contribution in [0.3, 0.4) is 0 Å². The van der Waals surface area contributed by atoms with Gasteiger partial charge in [-0.25, -0.2) is 4.79 Å². The van der Waals surface area contributed by atoms with Crippen molar-refractivity contribution < 1.29 is 32.7 Å². The Morgan fingerprint density at radius 1 is 1.35 bits per heavy atom.